The average Bonchev–Trinajstić information content (AvgIpc) is 3.07. The van der Waals surface area contributed by atoms with Gasteiger partial charge in [0.2, 0.25) is 0 Å². The van der Waals surface area contributed by atoms with Crippen LogP contribution >= 0.6 is 0 Å². The minimum Gasteiger partial charge on any atom is -0.313 e. The predicted octanol–water partition coefficient (Wildman–Crippen LogP) is 3.43. The lowest BCUT2D eigenvalue weighted by Gasteiger charge is -2.37. The second-order valence-electron chi connectivity index (χ2n) is 6.43. The van der Waals surface area contributed by atoms with Crippen molar-refractivity contribution in [3.8, 4) is 0 Å². The molecule has 19 heavy (non-hydrogen) atoms. The van der Waals surface area contributed by atoms with Crippen molar-refractivity contribution in [2.45, 2.75) is 65.2 Å². The molecule has 0 aromatic rings. The number of alkyl halides is 3. The molecule has 114 valence electrons. The van der Waals surface area contributed by atoms with Crippen molar-refractivity contribution in [3.05, 3.63) is 0 Å². The van der Waals surface area contributed by atoms with Gasteiger partial charge in [-0.2, -0.15) is 13.2 Å². The molecule has 0 saturated heterocycles. The summed E-state index contributed by atoms with van der Waals surface area (Å²) in [6, 6.07) is 0.509. The molecule has 0 aliphatic heterocycles. The Morgan fingerprint density at radius 2 is 1.79 bits per heavy atom. The van der Waals surface area contributed by atoms with Crippen LogP contribution in [0.1, 0.15) is 47.0 Å². The van der Waals surface area contributed by atoms with E-state index in [0.29, 0.717) is 12.6 Å². The summed E-state index contributed by atoms with van der Waals surface area (Å²) in [5.41, 5.74) is -0.0991. The van der Waals surface area contributed by atoms with E-state index in [2.05, 4.69) is 19.2 Å². The maximum Gasteiger partial charge on any atom is 0.401 e. The lowest BCUT2D eigenvalue weighted by atomic mass is 9.86. The summed E-state index contributed by atoms with van der Waals surface area (Å²) in [7, 11) is 0. The molecule has 2 nitrogen and oxygen atoms in total. The summed E-state index contributed by atoms with van der Waals surface area (Å²) in [5.74, 6) is 0. The van der Waals surface area contributed by atoms with Crippen LogP contribution in [0.15, 0.2) is 0 Å². The summed E-state index contributed by atoms with van der Waals surface area (Å²) in [4.78, 5) is 1.54. The number of nitrogens with zero attached hydrogens (tertiary/aromatic N) is 1. The molecular weight excluding hydrogens is 253 g/mol. The van der Waals surface area contributed by atoms with E-state index in [4.69, 9.17) is 0 Å². The molecule has 0 aromatic heterocycles. The Labute approximate surface area is 114 Å². The van der Waals surface area contributed by atoms with Gasteiger partial charge in [-0.25, -0.2) is 0 Å². The molecule has 0 amide bonds. The summed E-state index contributed by atoms with van der Waals surface area (Å²) < 4.78 is 37.8. The SMILES string of the molecule is CCC(C)(CNC1CC1)CN(CC(F)(F)F)C(C)C. The molecule has 1 rings (SSSR count). The second kappa shape index (κ2) is 6.44. The van der Waals surface area contributed by atoms with E-state index in [0.717, 1.165) is 13.0 Å². The fourth-order valence-corrected chi connectivity index (χ4v) is 2.11. The Hall–Kier alpha value is -0.290. The Morgan fingerprint density at radius 3 is 2.16 bits per heavy atom. The van der Waals surface area contributed by atoms with Crippen LogP contribution in [0.5, 0.6) is 0 Å². The van der Waals surface area contributed by atoms with E-state index in [-0.39, 0.29) is 11.5 Å². The lowest BCUT2D eigenvalue weighted by Crippen LogP contribution is -2.48. The van der Waals surface area contributed by atoms with Crippen LogP contribution in [0.3, 0.4) is 0 Å². The fourth-order valence-electron chi connectivity index (χ4n) is 2.11. The highest BCUT2D eigenvalue weighted by Crippen LogP contribution is 2.28. The number of hydrogen-bond acceptors (Lipinski definition) is 2. The topological polar surface area (TPSA) is 15.3 Å². The molecule has 0 bridgehead atoms. The minimum atomic E-state index is -4.12. The molecule has 1 unspecified atom stereocenters. The van der Waals surface area contributed by atoms with Crippen molar-refractivity contribution in [1.29, 1.82) is 0 Å². The van der Waals surface area contributed by atoms with Crippen molar-refractivity contribution in [1.82, 2.24) is 10.2 Å². The maximum absolute atomic E-state index is 12.6. The molecule has 1 N–H and O–H groups in total. The standard InChI is InChI=1S/C14H27F3N2/c1-5-13(4,8-18-12-6-7-12)9-19(11(2)3)10-14(15,16)17/h11-12,18H,5-10H2,1-4H3. The van der Waals surface area contributed by atoms with Crippen molar-refractivity contribution in [2.24, 2.45) is 5.41 Å². The number of rotatable bonds is 8. The highest BCUT2D eigenvalue weighted by molar-refractivity contribution is 4.87. The number of halogens is 3. The van der Waals surface area contributed by atoms with E-state index in [1.165, 1.54) is 17.7 Å². The van der Waals surface area contributed by atoms with Crippen LogP contribution in [-0.4, -0.2) is 42.8 Å². The smallest absolute Gasteiger partial charge is 0.313 e. The van der Waals surface area contributed by atoms with Gasteiger partial charge in [-0.05, 0) is 38.5 Å². The third-order valence-corrected chi connectivity index (χ3v) is 3.95. The fraction of sp³-hybridized carbons (Fsp3) is 1.00. The first-order valence-corrected chi connectivity index (χ1v) is 7.19. The van der Waals surface area contributed by atoms with Crippen LogP contribution < -0.4 is 5.32 Å². The number of nitrogens with one attached hydrogen (secondary N) is 1. The van der Waals surface area contributed by atoms with Gasteiger partial charge >= 0.3 is 6.18 Å². The molecule has 0 aromatic carbocycles. The van der Waals surface area contributed by atoms with E-state index in [1.54, 1.807) is 0 Å². The van der Waals surface area contributed by atoms with Crippen molar-refractivity contribution in [3.63, 3.8) is 0 Å². The third kappa shape index (κ3) is 6.61. The lowest BCUT2D eigenvalue weighted by molar-refractivity contribution is -0.152. The zero-order valence-corrected chi connectivity index (χ0v) is 12.5. The van der Waals surface area contributed by atoms with Crippen molar-refractivity contribution in [2.75, 3.05) is 19.6 Å². The Morgan fingerprint density at radius 1 is 1.21 bits per heavy atom. The van der Waals surface area contributed by atoms with Crippen LogP contribution in [0, 0.1) is 5.41 Å². The summed E-state index contributed by atoms with van der Waals surface area (Å²) in [5, 5.41) is 3.45. The monoisotopic (exact) mass is 280 g/mol. The highest BCUT2D eigenvalue weighted by Gasteiger charge is 2.36. The zero-order valence-electron chi connectivity index (χ0n) is 12.5. The van der Waals surface area contributed by atoms with Gasteiger partial charge in [0.15, 0.2) is 0 Å². The molecule has 5 heteroatoms. The largest absolute Gasteiger partial charge is 0.401 e. The first-order chi connectivity index (χ1) is 8.65. The first kappa shape index (κ1) is 16.8. The molecule has 1 aliphatic rings. The average molecular weight is 280 g/mol. The Balaban J connectivity index is 2.56. The van der Waals surface area contributed by atoms with Gasteiger partial charge in [-0.1, -0.05) is 13.8 Å². The predicted molar refractivity (Wildman–Crippen MR) is 72.2 cm³/mol. The maximum atomic E-state index is 12.6. The van der Waals surface area contributed by atoms with Crippen LogP contribution in [0.4, 0.5) is 13.2 Å². The van der Waals surface area contributed by atoms with Crippen molar-refractivity contribution < 1.29 is 13.2 Å². The third-order valence-electron chi connectivity index (χ3n) is 3.95. The van der Waals surface area contributed by atoms with Gasteiger partial charge in [0.05, 0.1) is 6.54 Å². The molecule has 1 fully saturated rings. The molecule has 1 atom stereocenters. The van der Waals surface area contributed by atoms with E-state index < -0.39 is 12.7 Å². The van der Waals surface area contributed by atoms with E-state index >= 15 is 0 Å². The molecule has 1 saturated carbocycles. The normalized spacial score (nSPS) is 20.1. The minimum absolute atomic E-state index is 0.0894. The number of hydrogen-bond donors (Lipinski definition) is 1. The quantitative estimate of drug-likeness (QED) is 0.733. The second-order valence-corrected chi connectivity index (χ2v) is 6.43. The van der Waals surface area contributed by atoms with Crippen LogP contribution in [0.25, 0.3) is 0 Å². The van der Waals surface area contributed by atoms with Gasteiger partial charge in [-0.15, -0.1) is 0 Å². The van der Waals surface area contributed by atoms with Gasteiger partial charge in [-0.3, -0.25) is 4.90 Å². The van der Waals surface area contributed by atoms with Gasteiger partial charge in [0.25, 0.3) is 0 Å². The van der Waals surface area contributed by atoms with E-state index in [1.807, 2.05) is 13.8 Å². The molecular formula is C14H27F3N2. The summed E-state index contributed by atoms with van der Waals surface area (Å²) in [6.07, 6.45) is -0.830. The Kier molecular flexibility index (Phi) is 5.68. The van der Waals surface area contributed by atoms with Crippen LogP contribution in [0.2, 0.25) is 0 Å². The highest BCUT2D eigenvalue weighted by atomic mass is 19.4. The molecule has 1 aliphatic carbocycles. The van der Waals surface area contributed by atoms with Gasteiger partial charge in [0.1, 0.15) is 0 Å². The zero-order chi connectivity index (χ0) is 14.7. The van der Waals surface area contributed by atoms with Gasteiger partial charge in [0, 0.05) is 25.2 Å². The molecule has 0 heterocycles. The Bertz CT molecular complexity index is 274. The first-order valence-electron chi connectivity index (χ1n) is 7.19. The molecule has 0 spiro atoms. The van der Waals surface area contributed by atoms with Crippen molar-refractivity contribution >= 4 is 0 Å². The summed E-state index contributed by atoms with van der Waals surface area (Å²) >= 11 is 0. The van der Waals surface area contributed by atoms with Gasteiger partial charge < -0.3 is 5.32 Å². The molecule has 0 radical (unpaired) electrons. The van der Waals surface area contributed by atoms with E-state index in [9.17, 15) is 13.2 Å². The van der Waals surface area contributed by atoms with Crippen LogP contribution in [-0.2, 0) is 0 Å². The summed E-state index contributed by atoms with van der Waals surface area (Å²) in [6.45, 7) is 8.26.